The molecule has 0 radical (unpaired) electrons. The number of nitrogens with one attached hydrogen (secondary N) is 1. The summed E-state index contributed by atoms with van der Waals surface area (Å²) in [7, 11) is 0. The van der Waals surface area contributed by atoms with E-state index in [1.165, 1.54) is 0 Å². The summed E-state index contributed by atoms with van der Waals surface area (Å²) < 4.78 is 8.59. The summed E-state index contributed by atoms with van der Waals surface area (Å²) in [5, 5.41) is 2.91. The Morgan fingerprint density at radius 2 is 1.83 bits per heavy atom. The normalized spacial score (nSPS) is 10.8. The Morgan fingerprint density at radius 3 is 2.62 bits per heavy atom. The maximum absolute atomic E-state index is 11.9. The van der Waals surface area contributed by atoms with E-state index in [4.69, 9.17) is 9.72 Å². The van der Waals surface area contributed by atoms with Gasteiger partial charge in [-0.2, -0.15) is 0 Å². The number of hydrogen-bond acceptors (Lipinski definition) is 3. The number of benzene rings is 2. The number of para-hydroxylation sites is 3. The predicted molar refractivity (Wildman–Crippen MR) is 120 cm³/mol. The molecule has 0 unspecified atom stereocenters. The summed E-state index contributed by atoms with van der Waals surface area (Å²) in [4.78, 5) is 16.6. The zero-order valence-corrected chi connectivity index (χ0v) is 18.0. The number of amides is 1. The molecule has 29 heavy (non-hydrogen) atoms. The van der Waals surface area contributed by atoms with Gasteiger partial charge in [-0.1, -0.05) is 59.3 Å². The number of unbranched alkanes of at least 4 members (excludes halogenated alkanes) is 2. The van der Waals surface area contributed by atoms with Crippen LogP contribution >= 0.6 is 15.9 Å². The molecule has 0 bridgehead atoms. The highest BCUT2D eigenvalue weighted by Gasteiger charge is 2.10. The van der Waals surface area contributed by atoms with Crippen LogP contribution in [0.3, 0.4) is 0 Å². The molecule has 6 heteroatoms. The average molecular weight is 456 g/mol. The second-order valence-corrected chi connectivity index (χ2v) is 8.00. The summed E-state index contributed by atoms with van der Waals surface area (Å²) in [5.74, 6) is 1.69. The van der Waals surface area contributed by atoms with Crippen LogP contribution in [-0.2, 0) is 17.8 Å². The van der Waals surface area contributed by atoms with Gasteiger partial charge in [0, 0.05) is 17.4 Å². The second-order valence-electron chi connectivity index (χ2n) is 6.88. The summed E-state index contributed by atoms with van der Waals surface area (Å²) in [6.45, 7) is 5.39. The first-order valence-corrected chi connectivity index (χ1v) is 10.6. The molecule has 1 N–H and O–H groups in total. The molecule has 0 spiro atoms. The molecule has 0 aliphatic carbocycles. The van der Waals surface area contributed by atoms with Crippen molar-refractivity contribution in [1.82, 2.24) is 14.9 Å². The van der Waals surface area contributed by atoms with E-state index in [1.807, 2.05) is 48.5 Å². The SMILES string of the molecule is C=C(Br)Cn1c(CCCCCNC(=O)COc2ccccc2)nc2ccccc21. The number of ether oxygens (including phenoxy) is 1. The van der Waals surface area contributed by atoms with Gasteiger partial charge in [0.05, 0.1) is 17.6 Å². The third-order valence-corrected chi connectivity index (χ3v) is 4.83. The molecule has 1 aromatic heterocycles. The molecule has 3 aromatic rings. The van der Waals surface area contributed by atoms with E-state index >= 15 is 0 Å². The third kappa shape index (κ3) is 6.46. The van der Waals surface area contributed by atoms with Crippen LogP contribution < -0.4 is 10.1 Å². The average Bonchev–Trinajstić information content (AvgIpc) is 3.06. The molecular weight excluding hydrogens is 430 g/mol. The van der Waals surface area contributed by atoms with Crippen LogP contribution in [0, 0.1) is 0 Å². The third-order valence-electron chi connectivity index (χ3n) is 4.58. The standard InChI is InChI=1S/C23H26BrN3O2/c1-18(24)16-27-21-13-8-7-12-20(21)26-22(27)14-6-3-9-15-25-23(28)17-29-19-10-4-2-5-11-19/h2,4-5,7-8,10-13H,1,3,6,9,14-17H2,(H,25,28). The van der Waals surface area contributed by atoms with Crippen molar-refractivity contribution < 1.29 is 9.53 Å². The molecule has 0 saturated carbocycles. The van der Waals surface area contributed by atoms with Crippen LogP contribution in [0.4, 0.5) is 0 Å². The molecule has 152 valence electrons. The van der Waals surface area contributed by atoms with Crippen molar-refractivity contribution in [3.63, 3.8) is 0 Å². The lowest BCUT2D eigenvalue weighted by Gasteiger charge is -2.09. The molecule has 1 heterocycles. The number of nitrogens with zero attached hydrogens (tertiary/aromatic N) is 2. The number of hydrogen-bond donors (Lipinski definition) is 1. The molecule has 5 nitrogen and oxygen atoms in total. The minimum absolute atomic E-state index is 0.0461. The largest absolute Gasteiger partial charge is 0.484 e. The molecule has 1 amide bonds. The lowest BCUT2D eigenvalue weighted by atomic mass is 10.2. The Labute approximate surface area is 179 Å². The van der Waals surface area contributed by atoms with E-state index in [1.54, 1.807) is 0 Å². The topological polar surface area (TPSA) is 56.2 Å². The Balaban J connectivity index is 1.38. The Morgan fingerprint density at radius 1 is 1.07 bits per heavy atom. The smallest absolute Gasteiger partial charge is 0.257 e. The van der Waals surface area contributed by atoms with Crippen molar-refractivity contribution in [3.8, 4) is 5.75 Å². The van der Waals surface area contributed by atoms with Crippen molar-refractivity contribution in [2.24, 2.45) is 0 Å². The summed E-state index contributed by atoms with van der Waals surface area (Å²) in [6.07, 6.45) is 3.88. The molecule has 2 aromatic carbocycles. The number of carbonyl (C=O) groups is 1. The Hall–Kier alpha value is -2.60. The van der Waals surface area contributed by atoms with Gasteiger partial charge in [-0.15, -0.1) is 0 Å². The van der Waals surface area contributed by atoms with Gasteiger partial charge in [0.1, 0.15) is 11.6 Å². The van der Waals surface area contributed by atoms with E-state index in [-0.39, 0.29) is 12.5 Å². The van der Waals surface area contributed by atoms with E-state index in [0.717, 1.165) is 47.0 Å². The predicted octanol–water partition coefficient (Wildman–Crippen LogP) is 4.85. The maximum atomic E-state index is 11.9. The Kier molecular flexibility index (Phi) is 7.87. The number of rotatable bonds is 11. The molecule has 0 atom stereocenters. The summed E-state index contributed by atoms with van der Waals surface area (Å²) in [6, 6.07) is 17.5. The van der Waals surface area contributed by atoms with Crippen LogP contribution in [-0.4, -0.2) is 28.6 Å². The van der Waals surface area contributed by atoms with Crippen molar-refractivity contribution in [2.45, 2.75) is 32.2 Å². The number of halogens is 1. The zero-order valence-electron chi connectivity index (χ0n) is 16.4. The van der Waals surface area contributed by atoms with Gasteiger partial charge in [-0.25, -0.2) is 4.98 Å². The molecule has 0 fully saturated rings. The highest BCUT2D eigenvalue weighted by atomic mass is 79.9. The van der Waals surface area contributed by atoms with Crippen LogP contribution in [0.25, 0.3) is 11.0 Å². The highest BCUT2D eigenvalue weighted by Crippen LogP contribution is 2.20. The lowest BCUT2D eigenvalue weighted by Crippen LogP contribution is -2.29. The van der Waals surface area contributed by atoms with Gasteiger partial charge in [-0.05, 0) is 37.1 Å². The fraction of sp³-hybridized carbons (Fsp3) is 0.304. The number of carbonyl (C=O) groups excluding carboxylic acids is 1. The van der Waals surface area contributed by atoms with Crippen LogP contribution in [0.5, 0.6) is 5.75 Å². The lowest BCUT2D eigenvalue weighted by molar-refractivity contribution is -0.123. The van der Waals surface area contributed by atoms with Crippen molar-refractivity contribution in [1.29, 1.82) is 0 Å². The van der Waals surface area contributed by atoms with Gasteiger partial charge in [0.25, 0.3) is 5.91 Å². The first-order valence-electron chi connectivity index (χ1n) is 9.85. The van der Waals surface area contributed by atoms with Crippen molar-refractivity contribution in [2.75, 3.05) is 13.2 Å². The monoisotopic (exact) mass is 455 g/mol. The van der Waals surface area contributed by atoms with Gasteiger partial charge in [-0.3, -0.25) is 4.79 Å². The van der Waals surface area contributed by atoms with Crippen molar-refractivity contribution in [3.05, 3.63) is 71.5 Å². The Bertz CT molecular complexity index is 953. The molecule has 0 aliphatic rings. The van der Waals surface area contributed by atoms with Gasteiger partial charge in [0.15, 0.2) is 6.61 Å². The van der Waals surface area contributed by atoms with E-state index in [0.29, 0.717) is 18.8 Å². The molecule has 0 saturated heterocycles. The molecule has 0 aliphatic heterocycles. The number of imidazole rings is 1. The van der Waals surface area contributed by atoms with E-state index in [2.05, 4.69) is 38.5 Å². The van der Waals surface area contributed by atoms with E-state index in [9.17, 15) is 4.79 Å². The van der Waals surface area contributed by atoms with E-state index < -0.39 is 0 Å². The summed E-state index contributed by atoms with van der Waals surface area (Å²) in [5.41, 5.74) is 2.15. The fourth-order valence-electron chi connectivity index (χ4n) is 3.19. The minimum Gasteiger partial charge on any atom is -0.484 e. The number of allylic oxidation sites excluding steroid dienone is 1. The summed E-state index contributed by atoms with van der Waals surface area (Å²) >= 11 is 3.47. The van der Waals surface area contributed by atoms with Crippen LogP contribution in [0.15, 0.2) is 65.7 Å². The molecular formula is C23H26BrN3O2. The van der Waals surface area contributed by atoms with Crippen LogP contribution in [0.1, 0.15) is 25.1 Å². The maximum Gasteiger partial charge on any atom is 0.257 e. The number of fused-ring (bicyclic) bond motifs is 1. The highest BCUT2D eigenvalue weighted by molar-refractivity contribution is 9.11. The van der Waals surface area contributed by atoms with Crippen molar-refractivity contribution >= 4 is 32.9 Å². The first-order chi connectivity index (χ1) is 14.1. The minimum atomic E-state index is -0.0912. The van der Waals surface area contributed by atoms with Gasteiger partial charge in [0.2, 0.25) is 0 Å². The van der Waals surface area contributed by atoms with Crippen LogP contribution in [0.2, 0.25) is 0 Å². The quantitative estimate of drug-likeness (QED) is 0.420. The van der Waals surface area contributed by atoms with Gasteiger partial charge < -0.3 is 14.6 Å². The number of aryl methyl sites for hydroxylation is 1. The first kappa shape index (κ1) is 21.1. The fourth-order valence-corrected chi connectivity index (χ4v) is 3.44. The second kappa shape index (κ2) is 10.8. The molecule has 3 rings (SSSR count). The zero-order chi connectivity index (χ0) is 20.5. The number of aromatic nitrogens is 2. The van der Waals surface area contributed by atoms with Gasteiger partial charge >= 0.3 is 0 Å².